The van der Waals surface area contributed by atoms with Crippen molar-refractivity contribution in [2.24, 2.45) is 5.73 Å². The SMILES string of the molecule is CCN1CCCC(N)C1c1csc(C(C)(C)C)n1. The Kier molecular flexibility index (Phi) is 4.09. The number of likely N-dealkylation sites (N-methyl/N-ethyl adjacent to an activating group) is 1. The summed E-state index contributed by atoms with van der Waals surface area (Å²) < 4.78 is 0. The first-order valence-corrected chi connectivity index (χ1v) is 7.77. The van der Waals surface area contributed by atoms with Crippen molar-refractivity contribution in [3.05, 3.63) is 16.1 Å². The van der Waals surface area contributed by atoms with E-state index in [2.05, 4.69) is 38.0 Å². The van der Waals surface area contributed by atoms with E-state index in [-0.39, 0.29) is 11.5 Å². The minimum atomic E-state index is 0.138. The van der Waals surface area contributed by atoms with Gasteiger partial charge in [0, 0.05) is 16.8 Å². The van der Waals surface area contributed by atoms with Gasteiger partial charge in [0.2, 0.25) is 0 Å². The predicted molar refractivity (Wildman–Crippen MR) is 78.0 cm³/mol. The summed E-state index contributed by atoms with van der Waals surface area (Å²) in [5, 5.41) is 3.42. The third-order valence-corrected chi connectivity index (χ3v) is 4.94. The normalized spacial score (nSPS) is 26.5. The van der Waals surface area contributed by atoms with Crippen LogP contribution < -0.4 is 5.73 Å². The van der Waals surface area contributed by atoms with E-state index in [1.54, 1.807) is 11.3 Å². The number of rotatable bonds is 2. The van der Waals surface area contributed by atoms with Crippen molar-refractivity contribution in [2.75, 3.05) is 13.1 Å². The van der Waals surface area contributed by atoms with Gasteiger partial charge in [-0.3, -0.25) is 4.90 Å². The van der Waals surface area contributed by atoms with Gasteiger partial charge in [0.15, 0.2) is 0 Å². The molecule has 0 bridgehead atoms. The van der Waals surface area contributed by atoms with Crippen LogP contribution in [-0.4, -0.2) is 29.0 Å². The molecule has 4 heteroatoms. The van der Waals surface area contributed by atoms with Gasteiger partial charge in [0.05, 0.1) is 16.7 Å². The molecule has 2 N–H and O–H groups in total. The summed E-state index contributed by atoms with van der Waals surface area (Å²) in [6.07, 6.45) is 2.32. The largest absolute Gasteiger partial charge is 0.326 e. The third-order valence-electron chi connectivity index (χ3n) is 3.65. The van der Waals surface area contributed by atoms with Crippen molar-refractivity contribution in [3.63, 3.8) is 0 Å². The first-order valence-electron chi connectivity index (χ1n) is 6.89. The van der Waals surface area contributed by atoms with Gasteiger partial charge in [-0.25, -0.2) is 4.98 Å². The molecule has 1 fully saturated rings. The van der Waals surface area contributed by atoms with Gasteiger partial charge in [-0.1, -0.05) is 27.7 Å². The Bertz CT molecular complexity index is 394. The number of hydrogen-bond donors (Lipinski definition) is 1. The van der Waals surface area contributed by atoms with E-state index in [9.17, 15) is 0 Å². The van der Waals surface area contributed by atoms with E-state index >= 15 is 0 Å². The molecule has 2 rings (SSSR count). The Morgan fingerprint density at radius 2 is 2.22 bits per heavy atom. The van der Waals surface area contributed by atoms with Gasteiger partial charge in [0.1, 0.15) is 0 Å². The second-order valence-electron chi connectivity index (χ2n) is 6.21. The van der Waals surface area contributed by atoms with E-state index in [4.69, 9.17) is 10.7 Å². The molecule has 2 unspecified atom stereocenters. The number of hydrogen-bond acceptors (Lipinski definition) is 4. The molecule has 3 nitrogen and oxygen atoms in total. The standard InChI is InChI=1S/C14H25N3S/c1-5-17-8-6-7-10(15)12(17)11-9-18-13(16-11)14(2,3)4/h9-10,12H,5-8,15H2,1-4H3. The zero-order valence-corrected chi connectivity index (χ0v) is 12.8. The molecule has 1 saturated heterocycles. The van der Waals surface area contributed by atoms with Crippen molar-refractivity contribution < 1.29 is 0 Å². The van der Waals surface area contributed by atoms with E-state index < -0.39 is 0 Å². The molecular formula is C14H25N3S. The lowest BCUT2D eigenvalue weighted by molar-refractivity contribution is 0.133. The molecule has 0 amide bonds. The summed E-state index contributed by atoms with van der Waals surface area (Å²) in [6.45, 7) is 11.1. The summed E-state index contributed by atoms with van der Waals surface area (Å²) in [5.41, 5.74) is 7.64. The van der Waals surface area contributed by atoms with Crippen molar-refractivity contribution >= 4 is 11.3 Å². The molecule has 0 aromatic carbocycles. The van der Waals surface area contributed by atoms with Crippen LogP contribution in [0.1, 0.15) is 57.3 Å². The van der Waals surface area contributed by atoms with Crippen LogP contribution in [0.5, 0.6) is 0 Å². The van der Waals surface area contributed by atoms with Crippen LogP contribution in [0.2, 0.25) is 0 Å². The van der Waals surface area contributed by atoms with E-state index in [1.807, 2.05) is 0 Å². The molecule has 1 aromatic rings. The van der Waals surface area contributed by atoms with Gasteiger partial charge < -0.3 is 5.73 Å². The molecule has 2 heterocycles. The van der Waals surface area contributed by atoms with Crippen molar-refractivity contribution in [2.45, 2.75) is 58.0 Å². The number of thiazole rings is 1. The smallest absolute Gasteiger partial charge is 0.0982 e. The quantitative estimate of drug-likeness (QED) is 0.896. The number of likely N-dealkylation sites (tertiary alicyclic amines) is 1. The molecule has 102 valence electrons. The lowest BCUT2D eigenvalue weighted by atomic mass is 9.94. The molecule has 0 saturated carbocycles. The number of piperidine rings is 1. The fourth-order valence-corrected chi connectivity index (χ4v) is 3.56. The Morgan fingerprint density at radius 3 is 2.78 bits per heavy atom. The number of nitrogens with two attached hydrogens (primary N) is 1. The van der Waals surface area contributed by atoms with Crippen LogP contribution in [0.15, 0.2) is 5.38 Å². The first-order chi connectivity index (χ1) is 8.43. The molecule has 0 aliphatic carbocycles. The highest BCUT2D eigenvalue weighted by atomic mass is 32.1. The van der Waals surface area contributed by atoms with Crippen LogP contribution in [0.3, 0.4) is 0 Å². The van der Waals surface area contributed by atoms with Gasteiger partial charge in [-0.2, -0.15) is 0 Å². The zero-order valence-electron chi connectivity index (χ0n) is 11.9. The Morgan fingerprint density at radius 1 is 1.50 bits per heavy atom. The highest BCUT2D eigenvalue weighted by molar-refractivity contribution is 7.09. The Hall–Kier alpha value is -0.450. The monoisotopic (exact) mass is 267 g/mol. The van der Waals surface area contributed by atoms with Crippen LogP contribution in [0, 0.1) is 0 Å². The minimum Gasteiger partial charge on any atom is -0.326 e. The average molecular weight is 267 g/mol. The van der Waals surface area contributed by atoms with Crippen molar-refractivity contribution in [1.29, 1.82) is 0 Å². The van der Waals surface area contributed by atoms with Crippen LogP contribution in [0.25, 0.3) is 0 Å². The zero-order chi connectivity index (χ0) is 13.3. The van der Waals surface area contributed by atoms with E-state index in [1.165, 1.54) is 17.1 Å². The second-order valence-corrected chi connectivity index (χ2v) is 7.07. The third kappa shape index (κ3) is 2.76. The Labute approximate surface area is 114 Å². The molecule has 18 heavy (non-hydrogen) atoms. The molecule has 1 aliphatic rings. The van der Waals surface area contributed by atoms with Gasteiger partial charge >= 0.3 is 0 Å². The summed E-state index contributed by atoms with van der Waals surface area (Å²) in [6, 6.07) is 0.546. The predicted octanol–water partition coefficient (Wildman–Crippen LogP) is 2.92. The van der Waals surface area contributed by atoms with E-state index in [0.29, 0.717) is 6.04 Å². The lowest BCUT2D eigenvalue weighted by Crippen LogP contribution is -2.45. The topological polar surface area (TPSA) is 42.1 Å². The van der Waals surface area contributed by atoms with E-state index in [0.717, 1.165) is 19.5 Å². The number of aromatic nitrogens is 1. The van der Waals surface area contributed by atoms with Crippen LogP contribution in [-0.2, 0) is 5.41 Å². The summed E-state index contributed by atoms with van der Waals surface area (Å²) >= 11 is 1.77. The maximum atomic E-state index is 6.32. The fourth-order valence-electron chi connectivity index (χ4n) is 2.63. The van der Waals surface area contributed by atoms with Gasteiger partial charge in [0.25, 0.3) is 0 Å². The first kappa shape index (κ1) is 14.0. The second kappa shape index (κ2) is 5.27. The van der Waals surface area contributed by atoms with Crippen molar-refractivity contribution in [1.82, 2.24) is 9.88 Å². The molecule has 0 spiro atoms. The molecule has 2 atom stereocenters. The minimum absolute atomic E-state index is 0.138. The number of nitrogens with zero attached hydrogens (tertiary/aromatic N) is 2. The van der Waals surface area contributed by atoms with Crippen LogP contribution >= 0.6 is 11.3 Å². The summed E-state index contributed by atoms with van der Waals surface area (Å²) in [7, 11) is 0. The van der Waals surface area contributed by atoms with Gasteiger partial charge in [-0.15, -0.1) is 11.3 Å². The average Bonchev–Trinajstić information content (AvgIpc) is 2.77. The van der Waals surface area contributed by atoms with Crippen molar-refractivity contribution in [3.8, 4) is 0 Å². The van der Waals surface area contributed by atoms with Crippen LogP contribution in [0.4, 0.5) is 0 Å². The maximum Gasteiger partial charge on any atom is 0.0982 e. The molecule has 1 aromatic heterocycles. The lowest BCUT2D eigenvalue weighted by Gasteiger charge is -2.38. The summed E-state index contributed by atoms with van der Waals surface area (Å²) in [5.74, 6) is 0. The maximum absolute atomic E-state index is 6.32. The molecular weight excluding hydrogens is 242 g/mol. The highest BCUT2D eigenvalue weighted by Gasteiger charge is 2.32. The molecule has 0 radical (unpaired) electrons. The molecule has 1 aliphatic heterocycles. The van der Waals surface area contributed by atoms with Gasteiger partial charge in [-0.05, 0) is 25.9 Å². The Balaban J connectivity index is 2.25. The fraction of sp³-hybridized carbons (Fsp3) is 0.786. The summed E-state index contributed by atoms with van der Waals surface area (Å²) in [4.78, 5) is 7.32. The highest BCUT2D eigenvalue weighted by Crippen LogP contribution is 2.33.